The first-order chi connectivity index (χ1) is 9.86. The summed E-state index contributed by atoms with van der Waals surface area (Å²) in [5.41, 5.74) is 7.38. The number of aromatic nitrogens is 2. The van der Waals surface area contributed by atoms with Gasteiger partial charge in [-0.25, -0.2) is 0 Å². The zero-order valence-corrected chi connectivity index (χ0v) is 12.8. The molecule has 2 heterocycles. The van der Waals surface area contributed by atoms with Gasteiger partial charge in [-0.2, -0.15) is 5.10 Å². The summed E-state index contributed by atoms with van der Waals surface area (Å²) in [7, 11) is 1.36. The highest BCUT2D eigenvalue weighted by molar-refractivity contribution is 5.98. The predicted octanol–water partition coefficient (Wildman–Crippen LogP) is 0.996. The van der Waals surface area contributed by atoms with E-state index in [0.717, 1.165) is 5.69 Å². The summed E-state index contributed by atoms with van der Waals surface area (Å²) in [5, 5.41) is 6.86. The zero-order valence-electron chi connectivity index (χ0n) is 12.8. The molecule has 1 aromatic rings. The molecule has 3 N–H and O–H groups in total. The van der Waals surface area contributed by atoms with Gasteiger partial charge >= 0.3 is 5.97 Å². The Hall–Kier alpha value is -2.05. The van der Waals surface area contributed by atoms with E-state index in [1.54, 1.807) is 4.90 Å². The number of nitrogens with zero attached hydrogens (tertiary/aromatic N) is 2. The van der Waals surface area contributed by atoms with Crippen molar-refractivity contribution < 1.29 is 14.3 Å². The molecule has 2 rings (SSSR count). The SMILES string of the molecule is COC(=O)C1CN(C(=O)c2n[nH]c(C(C)C)c2N)CC1C. The van der Waals surface area contributed by atoms with Crippen LogP contribution in [0, 0.1) is 11.8 Å². The molecule has 21 heavy (non-hydrogen) atoms. The Kier molecular flexibility index (Phi) is 4.20. The van der Waals surface area contributed by atoms with Gasteiger partial charge in [0.15, 0.2) is 5.69 Å². The van der Waals surface area contributed by atoms with Crippen molar-refractivity contribution in [2.45, 2.75) is 26.7 Å². The fraction of sp³-hybridized carbons (Fsp3) is 0.643. The Bertz CT molecular complexity index is 552. The first-order valence-corrected chi connectivity index (χ1v) is 7.07. The van der Waals surface area contributed by atoms with E-state index < -0.39 is 0 Å². The number of nitrogens with two attached hydrogens (primary N) is 1. The number of ether oxygens (including phenoxy) is 1. The van der Waals surface area contributed by atoms with Crippen molar-refractivity contribution in [3.8, 4) is 0 Å². The van der Waals surface area contributed by atoms with Crippen LogP contribution in [0.2, 0.25) is 0 Å². The second kappa shape index (κ2) is 5.75. The van der Waals surface area contributed by atoms with Gasteiger partial charge in [-0.1, -0.05) is 20.8 Å². The van der Waals surface area contributed by atoms with Crippen LogP contribution in [-0.2, 0) is 9.53 Å². The smallest absolute Gasteiger partial charge is 0.310 e. The van der Waals surface area contributed by atoms with E-state index in [1.807, 2.05) is 20.8 Å². The number of nitrogens with one attached hydrogen (secondary N) is 1. The molecule has 7 heteroatoms. The number of methoxy groups -OCH3 is 1. The first-order valence-electron chi connectivity index (χ1n) is 7.07. The van der Waals surface area contributed by atoms with E-state index >= 15 is 0 Å². The third kappa shape index (κ3) is 2.72. The number of hydrogen-bond acceptors (Lipinski definition) is 5. The molecule has 1 aliphatic rings. The van der Waals surface area contributed by atoms with Gasteiger partial charge in [-0.15, -0.1) is 0 Å². The van der Waals surface area contributed by atoms with Crippen LogP contribution in [0.1, 0.15) is 42.9 Å². The van der Waals surface area contributed by atoms with Crippen LogP contribution in [0.3, 0.4) is 0 Å². The lowest BCUT2D eigenvalue weighted by atomic mass is 9.99. The van der Waals surface area contributed by atoms with Crippen LogP contribution in [0.4, 0.5) is 5.69 Å². The monoisotopic (exact) mass is 294 g/mol. The fourth-order valence-electron chi connectivity index (χ4n) is 2.71. The molecule has 1 amide bonds. The maximum atomic E-state index is 12.5. The van der Waals surface area contributed by atoms with Crippen LogP contribution in [0.25, 0.3) is 0 Å². The Morgan fingerprint density at radius 2 is 2.10 bits per heavy atom. The molecule has 0 aliphatic carbocycles. The fourth-order valence-corrected chi connectivity index (χ4v) is 2.71. The highest BCUT2D eigenvalue weighted by Gasteiger charge is 2.39. The van der Waals surface area contributed by atoms with E-state index in [-0.39, 0.29) is 35.3 Å². The lowest BCUT2D eigenvalue weighted by Gasteiger charge is -2.15. The Morgan fingerprint density at radius 1 is 1.43 bits per heavy atom. The minimum Gasteiger partial charge on any atom is -0.469 e. The Morgan fingerprint density at radius 3 is 2.62 bits per heavy atom. The van der Waals surface area contributed by atoms with Crippen molar-refractivity contribution in [1.82, 2.24) is 15.1 Å². The molecule has 1 aromatic heterocycles. The molecule has 0 aromatic carbocycles. The number of esters is 1. The maximum absolute atomic E-state index is 12.5. The highest BCUT2D eigenvalue weighted by Crippen LogP contribution is 2.28. The quantitative estimate of drug-likeness (QED) is 0.810. The zero-order chi connectivity index (χ0) is 15.7. The molecular weight excluding hydrogens is 272 g/mol. The number of anilines is 1. The van der Waals surface area contributed by atoms with Crippen LogP contribution in [-0.4, -0.2) is 47.2 Å². The summed E-state index contributed by atoms with van der Waals surface area (Å²) in [5.74, 6) is -0.584. The summed E-state index contributed by atoms with van der Waals surface area (Å²) >= 11 is 0. The van der Waals surface area contributed by atoms with Crippen molar-refractivity contribution >= 4 is 17.6 Å². The number of hydrogen-bond donors (Lipinski definition) is 2. The molecule has 1 fully saturated rings. The molecule has 116 valence electrons. The summed E-state index contributed by atoms with van der Waals surface area (Å²) in [6.07, 6.45) is 0. The second-order valence-electron chi connectivity index (χ2n) is 5.87. The van der Waals surface area contributed by atoms with Crippen molar-refractivity contribution in [3.05, 3.63) is 11.4 Å². The lowest BCUT2D eigenvalue weighted by molar-refractivity contribution is -0.146. The molecule has 0 bridgehead atoms. The number of amides is 1. The van der Waals surface area contributed by atoms with E-state index in [0.29, 0.717) is 18.8 Å². The molecule has 2 unspecified atom stereocenters. The molecular formula is C14H22N4O3. The summed E-state index contributed by atoms with van der Waals surface area (Å²) < 4.78 is 4.77. The molecule has 1 aliphatic heterocycles. The first kappa shape index (κ1) is 15.3. The summed E-state index contributed by atoms with van der Waals surface area (Å²) in [6, 6.07) is 0. The largest absolute Gasteiger partial charge is 0.469 e. The van der Waals surface area contributed by atoms with E-state index in [4.69, 9.17) is 10.5 Å². The standard InChI is InChI=1S/C14H22N4O3/c1-7(2)11-10(15)12(17-16-11)13(19)18-5-8(3)9(6-18)14(20)21-4/h7-9H,5-6,15H2,1-4H3,(H,16,17). The number of rotatable bonds is 3. The highest BCUT2D eigenvalue weighted by atomic mass is 16.5. The summed E-state index contributed by atoms with van der Waals surface area (Å²) in [6.45, 7) is 6.73. The van der Waals surface area contributed by atoms with Gasteiger partial charge in [-0.3, -0.25) is 14.7 Å². The van der Waals surface area contributed by atoms with Crippen LogP contribution >= 0.6 is 0 Å². The second-order valence-corrected chi connectivity index (χ2v) is 5.87. The number of aromatic amines is 1. The predicted molar refractivity (Wildman–Crippen MR) is 77.7 cm³/mol. The van der Waals surface area contributed by atoms with Crippen LogP contribution in [0.15, 0.2) is 0 Å². The van der Waals surface area contributed by atoms with Gasteiger partial charge in [-0.05, 0) is 11.8 Å². The minimum absolute atomic E-state index is 0.0612. The normalized spacial score (nSPS) is 21.9. The number of nitrogen functional groups attached to an aromatic ring is 1. The third-order valence-corrected chi connectivity index (χ3v) is 4.02. The average Bonchev–Trinajstić information content (AvgIpc) is 3.00. The molecule has 0 saturated carbocycles. The molecule has 0 spiro atoms. The third-order valence-electron chi connectivity index (χ3n) is 4.02. The molecule has 1 saturated heterocycles. The number of carbonyl (C=O) groups excluding carboxylic acids is 2. The van der Waals surface area contributed by atoms with E-state index in [1.165, 1.54) is 7.11 Å². The van der Waals surface area contributed by atoms with Gasteiger partial charge in [0.2, 0.25) is 0 Å². The van der Waals surface area contributed by atoms with Crippen molar-refractivity contribution in [2.75, 3.05) is 25.9 Å². The van der Waals surface area contributed by atoms with Crippen molar-refractivity contribution in [3.63, 3.8) is 0 Å². The van der Waals surface area contributed by atoms with Crippen molar-refractivity contribution in [1.29, 1.82) is 0 Å². The molecule has 2 atom stereocenters. The van der Waals surface area contributed by atoms with E-state index in [2.05, 4.69) is 10.2 Å². The topological polar surface area (TPSA) is 101 Å². The molecule has 7 nitrogen and oxygen atoms in total. The maximum Gasteiger partial charge on any atom is 0.310 e. The lowest BCUT2D eigenvalue weighted by Crippen LogP contribution is -2.31. The Labute approximate surface area is 123 Å². The van der Waals surface area contributed by atoms with E-state index in [9.17, 15) is 9.59 Å². The van der Waals surface area contributed by atoms with Gasteiger partial charge in [0.1, 0.15) is 0 Å². The van der Waals surface area contributed by atoms with Crippen LogP contribution < -0.4 is 5.73 Å². The van der Waals surface area contributed by atoms with Gasteiger partial charge in [0, 0.05) is 13.1 Å². The number of H-pyrrole nitrogens is 1. The van der Waals surface area contributed by atoms with Crippen LogP contribution in [0.5, 0.6) is 0 Å². The average molecular weight is 294 g/mol. The minimum atomic E-state index is -0.288. The van der Waals surface area contributed by atoms with Gasteiger partial charge < -0.3 is 15.4 Å². The number of carbonyl (C=O) groups is 2. The van der Waals surface area contributed by atoms with Crippen molar-refractivity contribution in [2.24, 2.45) is 11.8 Å². The Balaban J connectivity index is 2.17. The summed E-state index contributed by atoms with van der Waals surface area (Å²) in [4.78, 5) is 25.8. The number of likely N-dealkylation sites (tertiary alicyclic amines) is 1. The van der Waals surface area contributed by atoms with Gasteiger partial charge in [0.25, 0.3) is 5.91 Å². The molecule has 0 radical (unpaired) electrons. The van der Waals surface area contributed by atoms with Gasteiger partial charge in [0.05, 0.1) is 24.4 Å².